The van der Waals surface area contributed by atoms with Crippen LogP contribution in [0.1, 0.15) is 36.1 Å². The molecule has 21 heavy (non-hydrogen) atoms. The predicted molar refractivity (Wildman–Crippen MR) is 84.9 cm³/mol. The van der Waals surface area contributed by atoms with Crippen molar-refractivity contribution in [3.63, 3.8) is 0 Å². The van der Waals surface area contributed by atoms with E-state index < -0.39 is 0 Å². The number of benzene rings is 1. The Kier molecular flexibility index (Phi) is 4.44. The maximum atomic E-state index is 14.3. The molecule has 2 aromatic rings. The molecule has 0 aliphatic carbocycles. The van der Waals surface area contributed by atoms with Crippen molar-refractivity contribution < 1.29 is 13.9 Å². The lowest BCUT2D eigenvalue weighted by Gasteiger charge is -2.29. The number of methoxy groups -OCH3 is 1. The standard InChI is InChI=1S/C15H16FIN2O2/c1-20-14-7-10(11(16)8-12(14)17)9-3-5-21-15(6-9)13-2-4-18-19-13/h2,4,7-9,15H,3,5-6H2,1H3,(H,18,19)/t9-,15?/m1/s1. The van der Waals surface area contributed by atoms with Crippen molar-refractivity contribution in [2.45, 2.75) is 24.9 Å². The van der Waals surface area contributed by atoms with Crippen LogP contribution in [0.4, 0.5) is 4.39 Å². The number of ether oxygens (including phenoxy) is 2. The van der Waals surface area contributed by atoms with E-state index in [-0.39, 0.29) is 17.8 Å². The smallest absolute Gasteiger partial charge is 0.132 e. The summed E-state index contributed by atoms with van der Waals surface area (Å²) >= 11 is 2.08. The second-order valence-corrected chi connectivity index (χ2v) is 6.26. The molecule has 1 aliphatic heterocycles. The van der Waals surface area contributed by atoms with E-state index in [9.17, 15) is 4.39 Å². The predicted octanol–water partition coefficient (Wildman–Crippen LogP) is 3.80. The van der Waals surface area contributed by atoms with Crippen LogP contribution in [-0.4, -0.2) is 23.9 Å². The van der Waals surface area contributed by atoms with Crippen LogP contribution in [0.15, 0.2) is 24.4 Å². The van der Waals surface area contributed by atoms with Gasteiger partial charge in [0.1, 0.15) is 11.6 Å². The summed E-state index contributed by atoms with van der Waals surface area (Å²) in [6.07, 6.45) is 3.20. The molecule has 1 unspecified atom stereocenters. The number of hydrogen-bond donors (Lipinski definition) is 1. The molecule has 112 valence electrons. The van der Waals surface area contributed by atoms with Gasteiger partial charge in [-0.2, -0.15) is 5.10 Å². The Balaban J connectivity index is 1.86. The van der Waals surface area contributed by atoms with Crippen molar-refractivity contribution in [3.05, 3.63) is 45.0 Å². The Labute approximate surface area is 136 Å². The monoisotopic (exact) mass is 402 g/mol. The fraction of sp³-hybridized carbons (Fsp3) is 0.400. The van der Waals surface area contributed by atoms with Crippen molar-refractivity contribution in [3.8, 4) is 5.75 Å². The second-order valence-electron chi connectivity index (χ2n) is 5.10. The number of H-pyrrole nitrogens is 1. The van der Waals surface area contributed by atoms with E-state index in [1.807, 2.05) is 12.1 Å². The van der Waals surface area contributed by atoms with Crippen molar-refractivity contribution in [2.24, 2.45) is 0 Å². The first-order chi connectivity index (χ1) is 10.2. The summed E-state index contributed by atoms with van der Waals surface area (Å²) in [6.45, 7) is 0.613. The van der Waals surface area contributed by atoms with Crippen LogP contribution in [0.3, 0.4) is 0 Å². The Morgan fingerprint density at radius 1 is 1.48 bits per heavy atom. The molecule has 1 aromatic heterocycles. The summed E-state index contributed by atoms with van der Waals surface area (Å²) in [4.78, 5) is 0. The van der Waals surface area contributed by atoms with Crippen molar-refractivity contribution in [2.75, 3.05) is 13.7 Å². The highest BCUT2D eigenvalue weighted by molar-refractivity contribution is 14.1. The Hall–Kier alpha value is -1.15. The molecule has 0 bridgehead atoms. The van der Waals surface area contributed by atoms with E-state index in [2.05, 4.69) is 32.8 Å². The first-order valence-electron chi connectivity index (χ1n) is 6.83. The molecular weight excluding hydrogens is 386 g/mol. The fourth-order valence-corrected chi connectivity index (χ4v) is 3.41. The molecule has 0 radical (unpaired) electrons. The molecule has 1 saturated heterocycles. The molecule has 1 aromatic carbocycles. The largest absolute Gasteiger partial charge is 0.496 e. The van der Waals surface area contributed by atoms with Crippen LogP contribution in [0.2, 0.25) is 0 Å². The lowest BCUT2D eigenvalue weighted by atomic mass is 9.87. The number of aromatic amines is 1. The van der Waals surface area contributed by atoms with Gasteiger partial charge in [-0.25, -0.2) is 4.39 Å². The van der Waals surface area contributed by atoms with Gasteiger partial charge in [0.15, 0.2) is 0 Å². The van der Waals surface area contributed by atoms with Gasteiger partial charge in [-0.3, -0.25) is 5.10 Å². The summed E-state index contributed by atoms with van der Waals surface area (Å²) in [5.41, 5.74) is 1.65. The summed E-state index contributed by atoms with van der Waals surface area (Å²) in [6, 6.07) is 5.25. The average molecular weight is 402 g/mol. The highest BCUT2D eigenvalue weighted by Crippen LogP contribution is 2.39. The van der Waals surface area contributed by atoms with Crippen LogP contribution in [0, 0.1) is 9.39 Å². The summed E-state index contributed by atoms with van der Waals surface area (Å²) in [7, 11) is 1.61. The average Bonchev–Trinajstić information content (AvgIpc) is 3.02. The highest BCUT2D eigenvalue weighted by atomic mass is 127. The van der Waals surface area contributed by atoms with Crippen molar-refractivity contribution in [1.29, 1.82) is 0 Å². The number of halogens is 2. The molecular formula is C15H16FIN2O2. The third kappa shape index (κ3) is 3.06. The molecule has 0 spiro atoms. The van der Waals surface area contributed by atoms with E-state index in [0.29, 0.717) is 12.2 Å². The minimum absolute atomic E-state index is 0.0593. The van der Waals surface area contributed by atoms with Gasteiger partial charge in [0.25, 0.3) is 0 Å². The lowest BCUT2D eigenvalue weighted by Crippen LogP contribution is -2.20. The molecule has 1 N–H and O–H groups in total. The first-order valence-corrected chi connectivity index (χ1v) is 7.90. The molecule has 3 rings (SSSR count). The molecule has 0 saturated carbocycles. The Morgan fingerprint density at radius 2 is 2.33 bits per heavy atom. The highest BCUT2D eigenvalue weighted by Gasteiger charge is 2.28. The van der Waals surface area contributed by atoms with Gasteiger partial charge in [0.05, 0.1) is 22.5 Å². The molecule has 6 heteroatoms. The molecule has 4 nitrogen and oxygen atoms in total. The van der Waals surface area contributed by atoms with E-state index >= 15 is 0 Å². The van der Waals surface area contributed by atoms with Crippen LogP contribution in [0.25, 0.3) is 0 Å². The van der Waals surface area contributed by atoms with Crippen LogP contribution in [-0.2, 0) is 4.74 Å². The third-order valence-electron chi connectivity index (χ3n) is 3.86. The van der Waals surface area contributed by atoms with Gasteiger partial charge in [-0.15, -0.1) is 0 Å². The zero-order chi connectivity index (χ0) is 14.8. The number of rotatable bonds is 3. The van der Waals surface area contributed by atoms with Gasteiger partial charge >= 0.3 is 0 Å². The number of aromatic nitrogens is 2. The zero-order valence-electron chi connectivity index (χ0n) is 11.6. The van der Waals surface area contributed by atoms with Gasteiger partial charge < -0.3 is 9.47 Å². The van der Waals surface area contributed by atoms with Crippen LogP contribution >= 0.6 is 22.6 Å². The van der Waals surface area contributed by atoms with Crippen molar-refractivity contribution in [1.82, 2.24) is 10.2 Å². The van der Waals surface area contributed by atoms with Gasteiger partial charge in [0, 0.05) is 12.8 Å². The van der Waals surface area contributed by atoms with Gasteiger partial charge in [-0.1, -0.05) is 0 Å². The number of nitrogens with zero attached hydrogens (tertiary/aromatic N) is 1. The van der Waals surface area contributed by atoms with Gasteiger partial charge in [0.2, 0.25) is 0 Å². The summed E-state index contributed by atoms with van der Waals surface area (Å²) in [5, 5.41) is 6.88. The van der Waals surface area contributed by atoms with Gasteiger partial charge in [-0.05, 0) is 65.1 Å². The Morgan fingerprint density at radius 3 is 3.05 bits per heavy atom. The number of nitrogens with one attached hydrogen (secondary N) is 1. The van der Waals surface area contributed by atoms with E-state index in [0.717, 1.165) is 27.9 Å². The minimum Gasteiger partial charge on any atom is -0.496 e. The molecule has 2 heterocycles. The maximum absolute atomic E-state index is 14.3. The van der Waals surface area contributed by atoms with E-state index in [4.69, 9.17) is 9.47 Å². The first kappa shape index (κ1) is 14.8. The SMILES string of the molecule is COc1cc([C@@H]2CCOC(c3ccn[nH]3)C2)c(F)cc1I. The Bertz CT molecular complexity index is 618. The van der Waals surface area contributed by atoms with Crippen molar-refractivity contribution >= 4 is 22.6 Å². The zero-order valence-corrected chi connectivity index (χ0v) is 13.8. The lowest BCUT2D eigenvalue weighted by molar-refractivity contribution is 0.00219. The van der Waals surface area contributed by atoms with Crippen LogP contribution in [0.5, 0.6) is 5.75 Å². The third-order valence-corrected chi connectivity index (χ3v) is 4.71. The quantitative estimate of drug-likeness (QED) is 0.795. The summed E-state index contributed by atoms with van der Waals surface area (Å²) < 4.78 is 26.2. The second kappa shape index (κ2) is 6.31. The fourth-order valence-electron chi connectivity index (χ4n) is 2.76. The van der Waals surface area contributed by atoms with E-state index in [1.54, 1.807) is 13.3 Å². The minimum atomic E-state index is -0.171. The molecule has 1 aliphatic rings. The molecule has 2 atom stereocenters. The summed E-state index contributed by atoms with van der Waals surface area (Å²) in [5.74, 6) is 0.671. The van der Waals surface area contributed by atoms with E-state index in [1.165, 1.54) is 6.07 Å². The number of hydrogen-bond acceptors (Lipinski definition) is 3. The topological polar surface area (TPSA) is 47.1 Å². The molecule has 0 amide bonds. The normalized spacial score (nSPS) is 22.2. The maximum Gasteiger partial charge on any atom is 0.132 e. The molecule has 1 fully saturated rings. The van der Waals surface area contributed by atoms with Crippen LogP contribution < -0.4 is 4.74 Å².